The van der Waals surface area contributed by atoms with Gasteiger partial charge >= 0.3 is 11.9 Å². The van der Waals surface area contributed by atoms with E-state index in [4.69, 9.17) is 18.9 Å². The highest BCUT2D eigenvalue weighted by atomic mass is 16.7. The number of aliphatic hydroxyl groups is 4. The van der Waals surface area contributed by atoms with Gasteiger partial charge in [-0.25, -0.2) is 0 Å². The van der Waals surface area contributed by atoms with Gasteiger partial charge in [0.15, 0.2) is 12.4 Å². The van der Waals surface area contributed by atoms with Crippen molar-refractivity contribution >= 4 is 11.9 Å². The summed E-state index contributed by atoms with van der Waals surface area (Å²) in [5.74, 6) is -0.809. The lowest BCUT2D eigenvalue weighted by atomic mass is 9.99. The van der Waals surface area contributed by atoms with Gasteiger partial charge in [-0.2, -0.15) is 0 Å². The van der Waals surface area contributed by atoms with Crippen molar-refractivity contribution in [3.63, 3.8) is 0 Å². The molecule has 10 heteroatoms. The van der Waals surface area contributed by atoms with E-state index in [1.54, 1.807) is 0 Å². The van der Waals surface area contributed by atoms with Crippen molar-refractivity contribution in [2.75, 3.05) is 19.8 Å². The van der Waals surface area contributed by atoms with Crippen molar-refractivity contribution < 1.29 is 49.0 Å². The van der Waals surface area contributed by atoms with Crippen molar-refractivity contribution in [2.24, 2.45) is 0 Å². The van der Waals surface area contributed by atoms with E-state index >= 15 is 0 Å². The number of aliphatic hydroxyl groups excluding tert-OH is 4. The van der Waals surface area contributed by atoms with Crippen molar-refractivity contribution in [1.82, 2.24) is 0 Å². The van der Waals surface area contributed by atoms with Crippen LogP contribution in [0.3, 0.4) is 0 Å². The predicted molar refractivity (Wildman–Crippen MR) is 219 cm³/mol. The van der Waals surface area contributed by atoms with Gasteiger partial charge in [-0.15, -0.1) is 6.58 Å². The molecule has 1 heterocycles. The third kappa shape index (κ3) is 28.3. The Morgan fingerprint density at radius 1 is 0.600 bits per heavy atom. The fourth-order valence-electron chi connectivity index (χ4n) is 6.87. The molecule has 10 nitrogen and oxygen atoms in total. The van der Waals surface area contributed by atoms with E-state index < -0.39 is 49.4 Å². The smallest absolute Gasteiger partial charge is 0.306 e. The SMILES string of the molecule is C=CCCCCCCCCCCCCCCCC(=O)O[C@@H](COC(=O)CCCCCCCCC/C=C/CCCCCC)CO[C@H]1O[C@@H](CO)[C@@H](O)C(O)C1O. The number of hydrogen-bond acceptors (Lipinski definition) is 10. The largest absolute Gasteiger partial charge is 0.462 e. The number of esters is 2. The van der Waals surface area contributed by atoms with Gasteiger partial charge in [-0.1, -0.05) is 147 Å². The maximum atomic E-state index is 12.8. The Kier molecular flexibility index (Phi) is 34.0. The number of allylic oxidation sites excluding steroid dienone is 3. The Bertz CT molecular complexity index is 941. The fourth-order valence-corrected chi connectivity index (χ4v) is 6.87. The average Bonchev–Trinajstić information content (AvgIpc) is 3.18. The number of carbonyl (C=O) groups is 2. The van der Waals surface area contributed by atoms with Gasteiger partial charge in [0.05, 0.1) is 13.2 Å². The monoisotopic (exact) mass is 783 g/mol. The molecule has 0 radical (unpaired) electrons. The summed E-state index contributed by atoms with van der Waals surface area (Å²) in [6, 6.07) is 0. The molecule has 0 saturated carbocycles. The van der Waals surface area contributed by atoms with Crippen LogP contribution in [0.2, 0.25) is 0 Å². The van der Waals surface area contributed by atoms with Gasteiger partial charge in [0.2, 0.25) is 0 Å². The third-order valence-corrected chi connectivity index (χ3v) is 10.5. The summed E-state index contributed by atoms with van der Waals surface area (Å²) in [6.07, 6.45) is 30.7. The first-order valence-electron chi connectivity index (χ1n) is 22.4. The second-order valence-corrected chi connectivity index (χ2v) is 15.6. The Balaban J connectivity index is 2.32. The molecule has 0 spiro atoms. The zero-order chi connectivity index (χ0) is 40.2. The predicted octanol–water partition coefficient (Wildman–Crippen LogP) is 9.33. The highest BCUT2D eigenvalue weighted by molar-refractivity contribution is 5.70. The second-order valence-electron chi connectivity index (χ2n) is 15.6. The first kappa shape index (κ1) is 51.2. The Hall–Kier alpha value is -1.82. The first-order valence-corrected chi connectivity index (χ1v) is 22.4. The topological polar surface area (TPSA) is 152 Å². The van der Waals surface area contributed by atoms with Crippen LogP contribution in [-0.2, 0) is 28.5 Å². The van der Waals surface area contributed by atoms with E-state index in [9.17, 15) is 30.0 Å². The van der Waals surface area contributed by atoms with Gasteiger partial charge in [0, 0.05) is 12.8 Å². The van der Waals surface area contributed by atoms with Crippen LogP contribution >= 0.6 is 0 Å². The van der Waals surface area contributed by atoms with Crippen molar-refractivity contribution in [2.45, 2.75) is 230 Å². The molecule has 0 aromatic carbocycles. The van der Waals surface area contributed by atoms with Crippen molar-refractivity contribution in [3.05, 3.63) is 24.8 Å². The molecular formula is C45H82O10. The normalized spacial score (nSPS) is 20.5. The van der Waals surface area contributed by atoms with E-state index in [1.165, 1.54) is 109 Å². The van der Waals surface area contributed by atoms with E-state index in [0.29, 0.717) is 6.42 Å². The quantitative estimate of drug-likeness (QED) is 0.0271. The lowest BCUT2D eigenvalue weighted by Crippen LogP contribution is -2.59. The Morgan fingerprint density at radius 3 is 1.55 bits per heavy atom. The second kappa shape index (κ2) is 36.5. The van der Waals surface area contributed by atoms with Gasteiger partial charge in [-0.05, 0) is 51.4 Å². The zero-order valence-corrected chi connectivity index (χ0v) is 34.8. The van der Waals surface area contributed by atoms with E-state index in [1.807, 2.05) is 6.08 Å². The van der Waals surface area contributed by atoms with E-state index in [-0.39, 0.29) is 32.0 Å². The molecule has 1 fully saturated rings. The molecule has 0 aromatic heterocycles. The van der Waals surface area contributed by atoms with Crippen LogP contribution in [0.15, 0.2) is 24.8 Å². The highest BCUT2D eigenvalue weighted by Gasteiger charge is 2.44. The summed E-state index contributed by atoms with van der Waals surface area (Å²) >= 11 is 0. The van der Waals surface area contributed by atoms with Gasteiger partial charge in [0.1, 0.15) is 31.0 Å². The van der Waals surface area contributed by atoms with Crippen LogP contribution in [-0.4, -0.2) is 89.0 Å². The maximum Gasteiger partial charge on any atom is 0.306 e. The van der Waals surface area contributed by atoms with Crippen LogP contribution < -0.4 is 0 Å². The molecule has 1 aliphatic heterocycles. The molecule has 1 rings (SSSR count). The molecule has 0 aromatic rings. The summed E-state index contributed by atoms with van der Waals surface area (Å²) in [4.78, 5) is 25.3. The molecule has 4 N–H and O–H groups in total. The minimum atomic E-state index is -1.59. The Labute approximate surface area is 334 Å². The summed E-state index contributed by atoms with van der Waals surface area (Å²) in [7, 11) is 0. The molecule has 6 atom stereocenters. The third-order valence-electron chi connectivity index (χ3n) is 10.5. The van der Waals surface area contributed by atoms with Gasteiger partial charge in [-0.3, -0.25) is 9.59 Å². The minimum absolute atomic E-state index is 0.218. The summed E-state index contributed by atoms with van der Waals surface area (Å²) in [5.41, 5.74) is 0. The number of unbranched alkanes of at least 4 members (excludes halogenated alkanes) is 24. The van der Waals surface area contributed by atoms with Gasteiger partial charge < -0.3 is 39.4 Å². The van der Waals surface area contributed by atoms with Crippen LogP contribution in [0.25, 0.3) is 0 Å². The minimum Gasteiger partial charge on any atom is -0.462 e. The van der Waals surface area contributed by atoms with Crippen LogP contribution in [0.5, 0.6) is 0 Å². The first-order chi connectivity index (χ1) is 26.8. The molecule has 322 valence electrons. The lowest BCUT2D eigenvalue weighted by molar-refractivity contribution is -0.305. The van der Waals surface area contributed by atoms with Crippen LogP contribution in [0, 0.1) is 0 Å². The summed E-state index contributed by atoms with van der Waals surface area (Å²) in [5, 5.41) is 40.0. The molecule has 2 unspecified atom stereocenters. The van der Waals surface area contributed by atoms with E-state index in [0.717, 1.165) is 57.8 Å². The number of ether oxygens (including phenoxy) is 4. The maximum absolute atomic E-state index is 12.8. The molecule has 1 saturated heterocycles. The molecular weight excluding hydrogens is 700 g/mol. The molecule has 0 bridgehead atoms. The highest BCUT2D eigenvalue weighted by Crippen LogP contribution is 2.23. The van der Waals surface area contributed by atoms with Crippen molar-refractivity contribution in [1.29, 1.82) is 0 Å². The van der Waals surface area contributed by atoms with Gasteiger partial charge in [0.25, 0.3) is 0 Å². The number of rotatable bonds is 38. The number of hydrogen-bond donors (Lipinski definition) is 4. The number of carbonyl (C=O) groups excluding carboxylic acids is 2. The van der Waals surface area contributed by atoms with Crippen molar-refractivity contribution in [3.8, 4) is 0 Å². The molecule has 1 aliphatic rings. The fraction of sp³-hybridized carbons (Fsp3) is 0.867. The summed E-state index contributed by atoms with van der Waals surface area (Å²) in [6.45, 7) is 4.94. The molecule has 0 amide bonds. The van der Waals surface area contributed by atoms with Crippen LogP contribution in [0.4, 0.5) is 0 Å². The summed E-state index contributed by atoms with van der Waals surface area (Å²) < 4.78 is 22.2. The standard InChI is InChI=1S/C45H82O10/c1-3-5-7-9-11-13-15-17-19-21-23-25-27-29-31-33-40(47)52-36-38(37-53-45-44(51)43(50)42(49)39(35-46)55-45)54-41(48)34-32-30-28-26-24-22-20-18-16-14-12-10-8-6-4-2/h4,13,15,38-39,42-46,49-51H,2-3,5-12,14,16-37H2,1H3/b15-13+/t38-,39-,42+,43?,44?,45-/m0/s1. The molecule has 0 aliphatic carbocycles. The van der Waals surface area contributed by atoms with E-state index in [2.05, 4.69) is 25.7 Å². The zero-order valence-electron chi connectivity index (χ0n) is 34.8. The van der Waals surface area contributed by atoms with Crippen LogP contribution in [0.1, 0.15) is 193 Å². The lowest BCUT2D eigenvalue weighted by Gasteiger charge is -2.39. The molecule has 55 heavy (non-hydrogen) atoms. The Morgan fingerprint density at radius 2 is 1.05 bits per heavy atom. The average molecular weight is 783 g/mol.